The Bertz CT molecular complexity index is 2400. The highest BCUT2D eigenvalue weighted by atomic mass is 19.1. The second-order valence-corrected chi connectivity index (χ2v) is 11.4. The van der Waals surface area contributed by atoms with Gasteiger partial charge in [0.05, 0.1) is 19.3 Å². The van der Waals surface area contributed by atoms with Crippen LogP contribution in [0.2, 0.25) is 0 Å². The minimum atomic E-state index is -1.39. The van der Waals surface area contributed by atoms with Gasteiger partial charge < -0.3 is 19.9 Å². The van der Waals surface area contributed by atoms with Crippen molar-refractivity contribution in [3.05, 3.63) is 129 Å². The third kappa shape index (κ3) is 7.01. The maximum Gasteiger partial charge on any atom is 0.410 e. The molecule has 0 aliphatic carbocycles. The van der Waals surface area contributed by atoms with Crippen LogP contribution in [0.3, 0.4) is 0 Å². The molecule has 0 radical (unpaired) electrons. The topological polar surface area (TPSA) is 172 Å². The van der Waals surface area contributed by atoms with E-state index in [9.17, 15) is 28.7 Å². The number of benzene rings is 3. The second-order valence-electron chi connectivity index (χ2n) is 11.4. The van der Waals surface area contributed by atoms with Gasteiger partial charge in [0, 0.05) is 36.3 Å². The van der Waals surface area contributed by atoms with Gasteiger partial charge in [-0.1, -0.05) is 12.1 Å². The van der Waals surface area contributed by atoms with Gasteiger partial charge >= 0.3 is 11.8 Å². The van der Waals surface area contributed by atoms with Gasteiger partial charge in [-0.2, -0.15) is 5.10 Å². The van der Waals surface area contributed by atoms with Gasteiger partial charge in [-0.25, -0.2) is 32.6 Å². The summed E-state index contributed by atoms with van der Waals surface area (Å²) in [6, 6.07) is 16.3. The molecule has 3 aromatic carbocycles. The van der Waals surface area contributed by atoms with Crippen molar-refractivity contribution >= 4 is 34.5 Å². The molecule has 3 aromatic heterocycles. The molecule has 0 spiro atoms. The Morgan fingerprint density at radius 3 is 2.31 bits per heavy atom. The van der Waals surface area contributed by atoms with E-state index in [1.54, 1.807) is 33.1 Å². The lowest BCUT2D eigenvalue weighted by Crippen LogP contribution is -2.42. The molecule has 0 atom stereocenters. The highest BCUT2D eigenvalue weighted by Crippen LogP contribution is 2.36. The van der Waals surface area contributed by atoms with E-state index < -0.39 is 46.5 Å². The van der Waals surface area contributed by atoms with Crippen molar-refractivity contribution in [2.24, 2.45) is 0 Å². The highest BCUT2D eigenvalue weighted by molar-refractivity contribution is 6.04. The number of hydrogen-bond donors (Lipinski definition) is 3. The fraction of sp³-hybridized carbons (Fsp3) is 0.143. The van der Waals surface area contributed by atoms with Crippen molar-refractivity contribution < 1.29 is 33.0 Å². The highest BCUT2D eigenvalue weighted by Gasteiger charge is 2.22. The Kier molecular flexibility index (Phi) is 9.31. The molecule has 14 nitrogen and oxygen atoms in total. The molecule has 6 aromatic rings. The minimum Gasteiger partial charge on any atom is -0.497 e. The summed E-state index contributed by atoms with van der Waals surface area (Å²) in [5, 5.41) is 18.7. The fourth-order valence-electron chi connectivity index (χ4n) is 5.25. The van der Waals surface area contributed by atoms with Gasteiger partial charge in [0.1, 0.15) is 28.3 Å². The molecule has 0 unspecified atom stereocenters. The standard InChI is InChI=1S/C35H29F2N7O7/c1-19(2)42-18-25(33(46)44(35(42)49)23-9-6-21(36)7-10-23)32(45)39-22-8-13-27(26(37)16-22)51-28-14-15-38-31-29(28)30(40-34(47)48)41-43(31)17-20-4-11-24(50-3)12-5-20/h4-16,18-19H,17H2,1-3H3,(H,39,45)(H,40,41)(H,47,48). The first-order valence-corrected chi connectivity index (χ1v) is 15.3. The lowest BCUT2D eigenvalue weighted by Gasteiger charge is -2.16. The molecule has 0 saturated heterocycles. The molecule has 0 bridgehead atoms. The Hall–Kier alpha value is -6.84. The molecule has 260 valence electrons. The number of fused-ring (bicyclic) bond motifs is 1. The maximum absolute atomic E-state index is 15.5. The molecular weight excluding hydrogens is 668 g/mol. The number of methoxy groups -OCH3 is 1. The van der Waals surface area contributed by atoms with E-state index >= 15 is 4.39 Å². The number of nitrogens with zero attached hydrogens (tertiary/aromatic N) is 5. The number of carboxylic acid groups (broad SMARTS) is 1. The van der Waals surface area contributed by atoms with E-state index in [1.165, 1.54) is 45.8 Å². The van der Waals surface area contributed by atoms with Gasteiger partial charge in [0.2, 0.25) is 0 Å². The third-order valence-corrected chi connectivity index (χ3v) is 7.72. The predicted octanol–water partition coefficient (Wildman–Crippen LogP) is 5.79. The second kappa shape index (κ2) is 13.9. The largest absolute Gasteiger partial charge is 0.497 e. The van der Waals surface area contributed by atoms with E-state index in [0.29, 0.717) is 5.75 Å². The lowest BCUT2D eigenvalue weighted by molar-refractivity contribution is 0.102. The van der Waals surface area contributed by atoms with E-state index in [2.05, 4.69) is 20.7 Å². The average molecular weight is 698 g/mol. The van der Waals surface area contributed by atoms with E-state index in [1.807, 2.05) is 12.1 Å². The molecule has 0 saturated carbocycles. The number of carbonyl (C=O) groups is 2. The number of pyridine rings is 1. The van der Waals surface area contributed by atoms with Crippen molar-refractivity contribution in [3.8, 4) is 22.9 Å². The van der Waals surface area contributed by atoms with Crippen LogP contribution < -0.4 is 31.4 Å². The summed E-state index contributed by atoms with van der Waals surface area (Å²) < 4.78 is 43.5. The zero-order valence-electron chi connectivity index (χ0n) is 27.3. The lowest BCUT2D eigenvalue weighted by atomic mass is 10.2. The van der Waals surface area contributed by atoms with Crippen LogP contribution in [-0.4, -0.2) is 48.1 Å². The Morgan fingerprint density at radius 2 is 1.67 bits per heavy atom. The van der Waals surface area contributed by atoms with E-state index in [-0.39, 0.29) is 46.3 Å². The Balaban J connectivity index is 1.29. The first kappa shape index (κ1) is 34.0. The number of ether oxygens (including phenoxy) is 2. The molecule has 0 fully saturated rings. The summed E-state index contributed by atoms with van der Waals surface area (Å²) in [4.78, 5) is 55.8. The molecule has 6 rings (SSSR count). The smallest absolute Gasteiger partial charge is 0.410 e. The van der Waals surface area contributed by atoms with Gasteiger partial charge in [0.15, 0.2) is 23.0 Å². The summed E-state index contributed by atoms with van der Waals surface area (Å²) in [6.07, 6.45) is 1.13. The average Bonchev–Trinajstić information content (AvgIpc) is 3.43. The molecule has 3 N–H and O–H groups in total. The number of nitrogens with one attached hydrogen (secondary N) is 2. The number of hydrogen-bond acceptors (Lipinski definition) is 8. The number of anilines is 2. The van der Waals surface area contributed by atoms with Crippen LogP contribution in [0.5, 0.6) is 17.2 Å². The molecule has 0 aliphatic rings. The number of aromatic nitrogens is 5. The molecule has 2 amide bonds. The van der Waals surface area contributed by atoms with Crippen LogP contribution in [-0.2, 0) is 6.54 Å². The molecular formula is C35H29F2N7O7. The van der Waals surface area contributed by atoms with Crippen LogP contribution in [0, 0.1) is 11.6 Å². The summed E-state index contributed by atoms with van der Waals surface area (Å²) in [7, 11) is 1.55. The zero-order chi connectivity index (χ0) is 36.4. The Labute approximate surface area is 287 Å². The third-order valence-electron chi connectivity index (χ3n) is 7.72. The quantitative estimate of drug-likeness (QED) is 0.160. The first-order chi connectivity index (χ1) is 24.4. The number of carbonyl (C=O) groups excluding carboxylic acids is 1. The number of amides is 2. The van der Waals surface area contributed by atoms with Crippen LogP contribution in [0.4, 0.5) is 25.1 Å². The molecule has 3 heterocycles. The van der Waals surface area contributed by atoms with Crippen molar-refractivity contribution in [2.75, 3.05) is 17.7 Å². The summed E-state index contributed by atoms with van der Waals surface area (Å²) in [5.74, 6) is -2.09. The van der Waals surface area contributed by atoms with Gasteiger partial charge in [-0.3, -0.25) is 19.5 Å². The fourth-order valence-corrected chi connectivity index (χ4v) is 5.25. The van der Waals surface area contributed by atoms with Crippen molar-refractivity contribution in [1.82, 2.24) is 23.9 Å². The Morgan fingerprint density at radius 1 is 0.941 bits per heavy atom. The maximum atomic E-state index is 15.5. The van der Waals surface area contributed by atoms with Crippen molar-refractivity contribution in [1.29, 1.82) is 0 Å². The van der Waals surface area contributed by atoms with Crippen LogP contribution in [0.1, 0.15) is 35.8 Å². The monoisotopic (exact) mass is 697 g/mol. The van der Waals surface area contributed by atoms with Crippen LogP contribution in [0.15, 0.2) is 94.8 Å². The minimum absolute atomic E-state index is 0.0395. The van der Waals surface area contributed by atoms with Gasteiger partial charge in [-0.15, -0.1) is 0 Å². The molecule has 0 aliphatic heterocycles. The van der Waals surface area contributed by atoms with Crippen molar-refractivity contribution in [3.63, 3.8) is 0 Å². The molecule has 16 heteroatoms. The predicted molar refractivity (Wildman–Crippen MR) is 182 cm³/mol. The number of rotatable bonds is 10. The van der Waals surface area contributed by atoms with E-state index in [4.69, 9.17) is 9.47 Å². The first-order valence-electron chi connectivity index (χ1n) is 15.3. The number of halogens is 2. The summed E-state index contributed by atoms with van der Waals surface area (Å²) >= 11 is 0. The zero-order valence-corrected chi connectivity index (χ0v) is 27.3. The molecule has 51 heavy (non-hydrogen) atoms. The normalized spacial score (nSPS) is 11.1. The summed E-state index contributed by atoms with van der Waals surface area (Å²) in [6.45, 7) is 3.57. The summed E-state index contributed by atoms with van der Waals surface area (Å²) in [5.41, 5.74) is -1.02. The SMILES string of the molecule is COc1ccc(Cn2nc(NC(=O)O)c3c(Oc4ccc(NC(=O)c5cn(C(C)C)c(=O)n(-c6ccc(F)cc6)c5=O)cc4F)ccnc32)cc1. The van der Waals surface area contributed by atoms with Crippen LogP contribution >= 0.6 is 0 Å². The van der Waals surface area contributed by atoms with Gasteiger partial charge in [-0.05, 0) is 67.9 Å². The van der Waals surface area contributed by atoms with Crippen LogP contribution in [0.25, 0.3) is 16.7 Å². The van der Waals surface area contributed by atoms with E-state index in [0.717, 1.165) is 34.5 Å². The van der Waals surface area contributed by atoms with Gasteiger partial charge in [0.25, 0.3) is 11.5 Å². The van der Waals surface area contributed by atoms with Crippen molar-refractivity contribution in [2.45, 2.75) is 26.4 Å².